The molecule has 0 fully saturated rings. The zero-order valence-electron chi connectivity index (χ0n) is 21.0. The van der Waals surface area contributed by atoms with E-state index in [1.165, 1.54) is 33.3 Å². The highest BCUT2D eigenvalue weighted by Crippen LogP contribution is 2.34. The van der Waals surface area contributed by atoms with E-state index < -0.39 is 17.6 Å². The Morgan fingerprint density at radius 3 is 2.62 bits per heavy atom. The minimum atomic E-state index is -4.56. The first kappa shape index (κ1) is 26.1. The molecule has 0 atom stereocenters. The van der Waals surface area contributed by atoms with E-state index in [9.17, 15) is 22.8 Å². The fraction of sp³-hybridized carbons (Fsp3) is 0.192. The maximum Gasteiger partial charge on any atom is 0.416 e. The number of anilines is 5. The quantitative estimate of drug-likeness (QED) is 0.308. The van der Waals surface area contributed by atoms with Gasteiger partial charge in [0.25, 0.3) is 5.91 Å². The van der Waals surface area contributed by atoms with Crippen molar-refractivity contribution in [3.8, 4) is 0 Å². The summed E-state index contributed by atoms with van der Waals surface area (Å²) in [5, 5.41) is 8.20. The summed E-state index contributed by atoms with van der Waals surface area (Å²) in [5.41, 5.74) is 2.14. The van der Waals surface area contributed by atoms with Crippen molar-refractivity contribution in [2.75, 3.05) is 27.5 Å². The van der Waals surface area contributed by atoms with Gasteiger partial charge in [0.2, 0.25) is 5.95 Å². The van der Waals surface area contributed by atoms with E-state index in [0.717, 1.165) is 23.4 Å². The smallest absolute Gasteiger partial charge is 0.322 e. The second-order valence-corrected chi connectivity index (χ2v) is 9.78. The van der Waals surface area contributed by atoms with E-state index in [2.05, 4.69) is 25.6 Å². The number of amides is 3. The van der Waals surface area contributed by atoms with Gasteiger partial charge in [0.15, 0.2) is 5.13 Å². The monoisotopic (exact) mass is 553 g/mol. The number of fused-ring (bicyclic) bond motifs is 1. The third-order valence-electron chi connectivity index (χ3n) is 6.05. The van der Waals surface area contributed by atoms with Gasteiger partial charge in [-0.3, -0.25) is 19.9 Å². The number of alkyl halides is 3. The van der Waals surface area contributed by atoms with E-state index in [-0.39, 0.29) is 18.1 Å². The first-order chi connectivity index (χ1) is 18.5. The zero-order chi connectivity index (χ0) is 27.9. The number of aromatic nitrogens is 3. The Labute approximate surface area is 225 Å². The van der Waals surface area contributed by atoms with Crippen LogP contribution < -0.4 is 20.4 Å². The minimum absolute atomic E-state index is 0.135. The normalized spacial score (nSPS) is 13.3. The van der Waals surface area contributed by atoms with Crippen LogP contribution in [0, 0.1) is 13.8 Å². The van der Waals surface area contributed by atoms with Crippen LogP contribution in [0.5, 0.6) is 0 Å². The molecule has 2 N–H and O–H groups in total. The molecule has 1 aliphatic heterocycles. The van der Waals surface area contributed by atoms with Crippen molar-refractivity contribution < 1.29 is 22.8 Å². The molecule has 5 rings (SSSR count). The molecule has 0 spiro atoms. The number of halogens is 3. The Morgan fingerprint density at radius 2 is 1.90 bits per heavy atom. The molecule has 0 radical (unpaired) electrons. The van der Waals surface area contributed by atoms with Crippen molar-refractivity contribution in [3.63, 3.8) is 0 Å². The SMILES string of the molecule is Cc1csc(Nc2ncc3c(n2)N(C)C(=O)N(c2cc(NC(=O)c4cccc(C(F)(F)F)c4)ccc2C)C3)n1. The van der Waals surface area contributed by atoms with Crippen molar-refractivity contribution in [1.82, 2.24) is 15.0 Å². The molecule has 2 aromatic heterocycles. The van der Waals surface area contributed by atoms with Gasteiger partial charge >= 0.3 is 12.2 Å². The number of rotatable bonds is 5. The van der Waals surface area contributed by atoms with Gasteiger partial charge in [0, 0.05) is 35.4 Å². The molecule has 1 aliphatic rings. The van der Waals surface area contributed by atoms with Gasteiger partial charge in [0.05, 0.1) is 23.5 Å². The van der Waals surface area contributed by atoms with Gasteiger partial charge < -0.3 is 5.32 Å². The van der Waals surface area contributed by atoms with E-state index in [0.29, 0.717) is 33.8 Å². The Balaban J connectivity index is 1.38. The number of urea groups is 1. The van der Waals surface area contributed by atoms with E-state index >= 15 is 0 Å². The first-order valence-corrected chi connectivity index (χ1v) is 12.6. The van der Waals surface area contributed by atoms with Crippen LogP contribution in [0.4, 0.5) is 46.2 Å². The van der Waals surface area contributed by atoms with Gasteiger partial charge in [-0.1, -0.05) is 12.1 Å². The average Bonchev–Trinajstić information content (AvgIpc) is 3.31. The second-order valence-electron chi connectivity index (χ2n) is 8.92. The predicted octanol–water partition coefficient (Wildman–Crippen LogP) is 6.14. The van der Waals surface area contributed by atoms with Crippen LogP contribution in [0.1, 0.15) is 32.7 Å². The molecule has 3 heterocycles. The molecule has 39 heavy (non-hydrogen) atoms. The number of hydrogen-bond donors (Lipinski definition) is 2. The maximum absolute atomic E-state index is 13.4. The summed E-state index contributed by atoms with van der Waals surface area (Å²) in [7, 11) is 1.60. The van der Waals surface area contributed by atoms with Crippen LogP contribution in [-0.2, 0) is 12.7 Å². The molecule has 0 saturated carbocycles. The average molecular weight is 554 g/mol. The standard InChI is InChI=1S/C26H22F3N7O2S/c1-14-7-8-19(32-22(37)16-5-4-6-18(9-16)26(27,28)29)10-20(14)36-12-17-11-30-23(33-21(17)35(3)25(36)38)34-24-31-15(2)13-39-24/h4-11,13H,12H2,1-3H3,(H,32,37)(H,30,31,33,34). The van der Waals surface area contributed by atoms with Gasteiger partial charge in [-0.15, -0.1) is 11.3 Å². The number of nitrogens with one attached hydrogen (secondary N) is 2. The lowest BCUT2D eigenvalue weighted by Gasteiger charge is -2.35. The fourth-order valence-corrected chi connectivity index (χ4v) is 4.76. The summed E-state index contributed by atoms with van der Waals surface area (Å²) >= 11 is 1.42. The molecule has 200 valence electrons. The number of hydrogen-bond acceptors (Lipinski definition) is 7. The van der Waals surface area contributed by atoms with Crippen molar-refractivity contribution in [2.24, 2.45) is 0 Å². The van der Waals surface area contributed by atoms with Crippen LogP contribution in [0.15, 0.2) is 54.0 Å². The minimum Gasteiger partial charge on any atom is -0.322 e. The summed E-state index contributed by atoms with van der Waals surface area (Å²) in [6.07, 6.45) is -2.93. The number of benzene rings is 2. The summed E-state index contributed by atoms with van der Waals surface area (Å²) in [4.78, 5) is 42.2. The molecule has 13 heteroatoms. The van der Waals surface area contributed by atoms with Crippen molar-refractivity contribution in [3.05, 3.63) is 82.0 Å². The molecule has 0 unspecified atom stereocenters. The third-order valence-corrected chi connectivity index (χ3v) is 6.93. The number of nitrogens with zero attached hydrogens (tertiary/aromatic N) is 5. The molecular formula is C26H22F3N7O2S. The lowest BCUT2D eigenvalue weighted by atomic mass is 10.1. The highest BCUT2D eigenvalue weighted by molar-refractivity contribution is 7.13. The van der Waals surface area contributed by atoms with Gasteiger partial charge in [-0.05, 0) is 49.7 Å². The van der Waals surface area contributed by atoms with E-state index in [4.69, 9.17) is 0 Å². The van der Waals surface area contributed by atoms with E-state index in [1.807, 2.05) is 19.2 Å². The highest BCUT2D eigenvalue weighted by Gasteiger charge is 2.32. The van der Waals surface area contributed by atoms with Crippen LogP contribution in [-0.4, -0.2) is 33.9 Å². The van der Waals surface area contributed by atoms with Crippen molar-refractivity contribution in [1.29, 1.82) is 0 Å². The van der Waals surface area contributed by atoms with Crippen LogP contribution in [0.2, 0.25) is 0 Å². The molecule has 3 amide bonds. The second kappa shape index (κ2) is 9.98. The molecule has 0 bridgehead atoms. The van der Waals surface area contributed by atoms with Crippen LogP contribution in [0.25, 0.3) is 0 Å². The summed E-state index contributed by atoms with van der Waals surface area (Å²) in [6.45, 7) is 3.88. The molecule has 4 aromatic rings. The van der Waals surface area contributed by atoms with Crippen molar-refractivity contribution in [2.45, 2.75) is 26.6 Å². The number of carbonyl (C=O) groups is 2. The Hall–Kier alpha value is -4.52. The lowest BCUT2D eigenvalue weighted by Crippen LogP contribution is -2.46. The molecule has 9 nitrogen and oxygen atoms in total. The summed E-state index contributed by atoms with van der Waals surface area (Å²) < 4.78 is 39.2. The molecular weight excluding hydrogens is 531 g/mol. The van der Waals surface area contributed by atoms with E-state index in [1.54, 1.807) is 31.4 Å². The first-order valence-electron chi connectivity index (χ1n) is 11.7. The highest BCUT2D eigenvalue weighted by atomic mass is 32.1. The largest absolute Gasteiger partial charge is 0.416 e. The Morgan fingerprint density at radius 1 is 1.10 bits per heavy atom. The lowest BCUT2D eigenvalue weighted by molar-refractivity contribution is -0.137. The predicted molar refractivity (Wildman–Crippen MR) is 143 cm³/mol. The van der Waals surface area contributed by atoms with Crippen LogP contribution in [0.3, 0.4) is 0 Å². The topological polar surface area (TPSA) is 103 Å². The van der Waals surface area contributed by atoms with Gasteiger partial charge in [0.1, 0.15) is 5.82 Å². The number of carbonyl (C=O) groups excluding carboxylic acids is 2. The maximum atomic E-state index is 13.4. The number of thiazole rings is 1. The fourth-order valence-electron chi connectivity index (χ4n) is 4.08. The van der Waals surface area contributed by atoms with Gasteiger partial charge in [-0.25, -0.2) is 14.8 Å². The van der Waals surface area contributed by atoms with Gasteiger partial charge in [-0.2, -0.15) is 18.2 Å². The zero-order valence-corrected chi connectivity index (χ0v) is 21.8. The van der Waals surface area contributed by atoms with Crippen LogP contribution >= 0.6 is 11.3 Å². The Kier molecular flexibility index (Phi) is 6.68. The molecule has 0 saturated heterocycles. The molecule has 0 aliphatic carbocycles. The Bertz CT molecular complexity index is 1590. The number of aryl methyl sites for hydroxylation is 2. The third kappa shape index (κ3) is 5.39. The molecule has 2 aromatic carbocycles. The summed E-state index contributed by atoms with van der Waals surface area (Å²) in [6, 6.07) is 8.79. The summed E-state index contributed by atoms with van der Waals surface area (Å²) in [5.74, 6) is 0.0626. The van der Waals surface area contributed by atoms with Crippen molar-refractivity contribution >= 4 is 51.5 Å².